The van der Waals surface area contributed by atoms with Crippen LogP contribution in [0.3, 0.4) is 0 Å². The lowest BCUT2D eigenvalue weighted by molar-refractivity contribution is -0.133. The summed E-state index contributed by atoms with van der Waals surface area (Å²) < 4.78 is 18.3. The van der Waals surface area contributed by atoms with Crippen molar-refractivity contribution in [2.24, 2.45) is 5.73 Å². The molecule has 2 fully saturated rings. The van der Waals surface area contributed by atoms with Crippen molar-refractivity contribution in [1.29, 1.82) is 0 Å². The summed E-state index contributed by atoms with van der Waals surface area (Å²) in [5.41, 5.74) is 7.83. The highest BCUT2D eigenvalue weighted by Crippen LogP contribution is 2.28. The quantitative estimate of drug-likeness (QED) is 0.489. The number of fused-ring (bicyclic) bond motifs is 1. The Labute approximate surface area is 201 Å². The second-order valence-electron chi connectivity index (χ2n) is 9.04. The molecule has 2 aromatic heterocycles. The number of anilines is 2. The summed E-state index contributed by atoms with van der Waals surface area (Å²) in [5.74, 6) is -0.0905. The van der Waals surface area contributed by atoms with Gasteiger partial charge in [0, 0.05) is 48.9 Å². The van der Waals surface area contributed by atoms with Crippen LogP contribution in [0.25, 0.3) is 10.9 Å². The Hall–Kier alpha value is -3.57. The Morgan fingerprint density at radius 1 is 1.20 bits per heavy atom. The number of halogens is 1. The number of amides is 2. The second-order valence-corrected chi connectivity index (χ2v) is 9.04. The number of rotatable bonds is 6. The molecule has 3 aromatic rings. The van der Waals surface area contributed by atoms with Gasteiger partial charge in [-0.1, -0.05) is 5.16 Å². The van der Waals surface area contributed by atoms with E-state index in [2.05, 4.69) is 25.7 Å². The highest BCUT2D eigenvalue weighted by Gasteiger charge is 2.34. The van der Waals surface area contributed by atoms with Crippen LogP contribution in [0.1, 0.15) is 29.6 Å². The molecular weight excluding hydrogens is 453 g/mol. The lowest BCUT2D eigenvalue weighted by Gasteiger charge is -2.34. The number of hydrogen-bond acceptors (Lipinski definition) is 8. The smallest absolute Gasteiger partial charge is 0.259 e. The van der Waals surface area contributed by atoms with E-state index in [1.807, 2.05) is 18.2 Å². The molecular formula is C24H28FN7O3. The molecule has 0 saturated carbocycles. The normalized spacial score (nSPS) is 21.4. The lowest BCUT2D eigenvalue weighted by atomic mass is 10.0. The number of pyridine rings is 1. The van der Waals surface area contributed by atoms with Crippen LogP contribution in [0, 0.1) is 0 Å². The van der Waals surface area contributed by atoms with Crippen LogP contribution >= 0.6 is 0 Å². The Morgan fingerprint density at radius 3 is 2.74 bits per heavy atom. The van der Waals surface area contributed by atoms with Crippen molar-refractivity contribution in [3.05, 3.63) is 48.4 Å². The summed E-state index contributed by atoms with van der Waals surface area (Å²) in [6.45, 7) is 1.85. The zero-order valence-electron chi connectivity index (χ0n) is 19.2. The van der Waals surface area contributed by atoms with Crippen molar-refractivity contribution in [3.63, 3.8) is 0 Å². The molecule has 0 radical (unpaired) electrons. The molecule has 35 heavy (non-hydrogen) atoms. The first-order chi connectivity index (χ1) is 17.0. The second kappa shape index (κ2) is 9.96. The van der Waals surface area contributed by atoms with E-state index >= 15 is 0 Å². The fraction of sp³-hybridized carbons (Fsp3) is 0.417. The third-order valence-electron chi connectivity index (χ3n) is 6.61. The molecule has 2 aliphatic rings. The van der Waals surface area contributed by atoms with E-state index in [9.17, 15) is 14.0 Å². The van der Waals surface area contributed by atoms with E-state index < -0.39 is 12.3 Å². The van der Waals surface area contributed by atoms with Gasteiger partial charge in [-0.25, -0.2) is 4.39 Å². The average Bonchev–Trinajstić information content (AvgIpc) is 3.49. The third kappa shape index (κ3) is 5.10. The van der Waals surface area contributed by atoms with E-state index in [1.165, 1.54) is 11.2 Å². The van der Waals surface area contributed by atoms with E-state index in [4.69, 9.17) is 10.3 Å². The van der Waals surface area contributed by atoms with Crippen LogP contribution in [0.2, 0.25) is 0 Å². The Morgan fingerprint density at radius 2 is 2.03 bits per heavy atom. The zero-order valence-corrected chi connectivity index (χ0v) is 19.2. The van der Waals surface area contributed by atoms with Crippen molar-refractivity contribution in [1.82, 2.24) is 19.9 Å². The highest BCUT2D eigenvalue weighted by molar-refractivity contribution is 6.13. The fourth-order valence-corrected chi connectivity index (χ4v) is 4.78. The number of nitrogens with one attached hydrogen (secondary N) is 2. The first kappa shape index (κ1) is 23.2. The van der Waals surface area contributed by atoms with Crippen molar-refractivity contribution in [2.75, 3.05) is 36.8 Å². The number of hydrogen-bond donors (Lipinski definition) is 3. The summed E-state index contributed by atoms with van der Waals surface area (Å²) in [6, 6.07) is 9.19. The van der Waals surface area contributed by atoms with Crippen LogP contribution < -0.4 is 16.4 Å². The van der Waals surface area contributed by atoms with Gasteiger partial charge in [0.15, 0.2) is 5.82 Å². The van der Waals surface area contributed by atoms with Gasteiger partial charge >= 0.3 is 0 Å². The maximum absolute atomic E-state index is 13.6. The topological polar surface area (TPSA) is 130 Å². The first-order valence-electron chi connectivity index (χ1n) is 11.8. The maximum Gasteiger partial charge on any atom is 0.259 e. The van der Waals surface area contributed by atoms with Crippen molar-refractivity contribution in [3.8, 4) is 0 Å². The van der Waals surface area contributed by atoms with E-state index in [1.54, 1.807) is 18.3 Å². The number of likely N-dealkylation sites (tertiary alicyclic amines) is 2. The molecule has 4 heterocycles. The van der Waals surface area contributed by atoms with Crippen LogP contribution in [0.15, 0.2) is 47.3 Å². The van der Waals surface area contributed by atoms with Gasteiger partial charge in [0.25, 0.3) is 5.91 Å². The summed E-state index contributed by atoms with van der Waals surface area (Å²) in [6.07, 6.45) is 3.39. The molecule has 10 nitrogen and oxygen atoms in total. The van der Waals surface area contributed by atoms with Gasteiger partial charge < -0.3 is 25.8 Å². The molecule has 5 rings (SSSR count). The van der Waals surface area contributed by atoms with E-state index in [0.717, 1.165) is 37.0 Å². The molecule has 4 N–H and O–H groups in total. The monoisotopic (exact) mass is 481 g/mol. The number of nitrogens with zero attached hydrogens (tertiary/aromatic N) is 4. The lowest BCUT2D eigenvalue weighted by Crippen LogP contribution is -2.48. The van der Waals surface area contributed by atoms with E-state index in [0.29, 0.717) is 16.9 Å². The molecule has 2 aliphatic heterocycles. The van der Waals surface area contributed by atoms with Gasteiger partial charge in [-0.2, -0.15) is 0 Å². The number of piperidine rings is 1. The Kier molecular flexibility index (Phi) is 6.60. The summed E-state index contributed by atoms with van der Waals surface area (Å²) in [5, 5.41) is 10.9. The number of carbonyl (C=O) groups is 2. The third-order valence-corrected chi connectivity index (χ3v) is 6.61. The zero-order chi connectivity index (χ0) is 24.4. The molecule has 2 saturated heterocycles. The molecule has 1 aromatic carbocycles. The minimum absolute atomic E-state index is 0.0890. The van der Waals surface area contributed by atoms with E-state index in [-0.39, 0.29) is 37.4 Å². The highest BCUT2D eigenvalue weighted by atomic mass is 19.1. The fourth-order valence-electron chi connectivity index (χ4n) is 4.78. The predicted octanol–water partition coefficient (Wildman–Crippen LogP) is 2.21. The number of nitrogens with two attached hydrogens (primary N) is 1. The summed E-state index contributed by atoms with van der Waals surface area (Å²) >= 11 is 0. The number of carbonyl (C=O) groups excluding carboxylic acids is 2. The predicted molar refractivity (Wildman–Crippen MR) is 128 cm³/mol. The molecule has 0 unspecified atom stereocenters. The number of alkyl halides is 1. The van der Waals surface area contributed by atoms with Gasteiger partial charge in [-0.3, -0.25) is 19.5 Å². The van der Waals surface area contributed by atoms with Crippen LogP contribution in [0.4, 0.5) is 15.9 Å². The molecule has 2 atom stereocenters. The standard InChI is InChI=1S/C24H28FN7O3/c25-15-12-20(26)32(13-15)22(33)14-31-9-5-16(6-10-31)28-19-4-3-18(23-17(19)2-1-8-27-23)24(34)29-21-7-11-35-30-21/h1-4,7-8,11,15-16,20,28H,5-6,9-10,12-14,26H2,(H,29,30,34)/t15-,20-/m0/s1. The largest absolute Gasteiger partial charge is 0.382 e. The minimum Gasteiger partial charge on any atom is -0.382 e. The van der Waals surface area contributed by atoms with Crippen molar-refractivity contribution < 1.29 is 18.5 Å². The maximum atomic E-state index is 13.6. The molecule has 184 valence electrons. The molecule has 2 amide bonds. The number of benzene rings is 1. The average molecular weight is 482 g/mol. The van der Waals surface area contributed by atoms with Gasteiger partial charge in [-0.05, 0) is 37.1 Å². The van der Waals surface area contributed by atoms with Crippen LogP contribution in [-0.4, -0.2) is 76.3 Å². The van der Waals surface area contributed by atoms with Gasteiger partial charge in [0.2, 0.25) is 5.91 Å². The Bertz CT molecular complexity index is 1200. The summed E-state index contributed by atoms with van der Waals surface area (Å²) in [4.78, 5) is 33.3. The van der Waals surface area contributed by atoms with Crippen LogP contribution in [-0.2, 0) is 4.79 Å². The molecule has 0 bridgehead atoms. The van der Waals surface area contributed by atoms with Crippen molar-refractivity contribution >= 4 is 34.2 Å². The molecule has 0 aliphatic carbocycles. The van der Waals surface area contributed by atoms with Gasteiger partial charge in [0.1, 0.15) is 12.4 Å². The SMILES string of the molecule is N[C@@H]1C[C@H](F)CN1C(=O)CN1CCC(Nc2ccc(C(=O)Nc3ccon3)c3ncccc23)CC1. The van der Waals surface area contributed by atoms with Crippen LogP contribution in [0.5, 0.6) is 0 Å². The minimum atomic E-state index is -1.03. The molecule has 11 heteroatoms. The first-order valence-corrected chi connectivity index (χ1v) is 11.8. The van der Waals surface area contributed by atoms with Crippen molar-refractivity contribution in [2.45, 2.75) is 37.6 Å². The van der Waals surface area contributed by atoms with Gasteiger partial charge in [-0.15, -0.1) is 0 Å². The van der Waals surface area contributed by atoms with Gasteiger partial charge in [0.05, 0.1) is 30.3 Å². The Balaban J connectivity index is 1.21. The number of aromatic nitrogens is 2. The molecule has 0 spiro atoms. The summed E-state index contributed by atoms with van der Waals surface area (Å²) in [7, 11) is 0.